The van der Waals surface area contributed by atoms with Crippen LogP contribution >= 0.6 is 0 Å². The molecule has 0 aromatic heterocycles. The van der Waals surface area contributed by atoms with E-state index in [-0.39, 0.29) is 6.42 Å². The van der Waals surface area contributed by atoms with Crippen molar-refractivity contribution < 1.29 is 23.4 Å². The zero-order chi connectivity index (χ0) is 28.1. The summed E-state index contributed by atoms with van der Waals surface area (Å²) < 4.78 is 30.2. The van der Waals surface area contributed by atoms with Crippen molar-refractivity contribution in [3.05, 3.63) is 71.8 Å². The second-order valence-electron chi connectivity index (χ2n) is 10.0. The maximum atomic E-state index is 11.8. The topological polar surface area (TPSA) is 99.6 Å². The number of carboxylic acid groups (broad SMARTS) is 1. The number of morpholine rings is 1. The van der Waals surface area contributed by atoms with Gasteiger partial charge in [0.15, 0.2) is 0 Å². The van der Waals surface area contributed by atoms with Gasteiger partial charge in [0.2, 0.25) is 0 Å². The molecule has 2 saturated heterocycles. The van der Waals surface area contributed by atoms with Gasteiger partial charge in [-0.2, -0.15) is 4.41 Å². The molecule has 0 saturated carbocycles. The molecule has 0 aliphatic carbocycles. The highest BCUT2D eigenvalue weighted by Gasteiger charge is 2.28. The summed E-state index contributed by atoms with van der Waals surface area (Å²) in [5.74, 6) is 5.57. The minimum absolute atomic E-state index is 0.245. The van der Waals surface area contributed by atoms with E-state index in [2.05, 4.69) is 58.0 Å². The van der Waals surface area contributed by atoms with Crippen LogP contribution in [0.25, 0.3) is 10.8 Å². The lowest BCUT2D eigenvalue weighted by molar-refractivity contribution is -0.139. The van der Waals surface area contributed by atoms with Gasteiger partial charge in [0.05, 0.1) is 19.6 Å². The van der Waals surface area contributed by atoms with E-state index in [0.717, 1.165) is 47.5 Å². The first-order valence-corrected chi connectivity index (χ1v) is 14.5. The van der Waals surface area contributed by atoms with E-state index in [0.29, 0.717) is 26.2 Å². The van der Waals surface area contributed by atoms with Crippen LogP contribution in [-0.2, 0) is 20.8 Å². The number of aliphatic carboxylic acids is 1. The largest absolute Gasteiger partial charge is 0.759 e. The first-order valence-electron chi connectivity index (χ1n) is 13.5. The van der Waals surface area contributed by atoms with Crippen molar-refractivity contribution in [3.63, 3.8) is 0 Å². The molecule has 0 spiro atoms. The quantitative estimate of drug-likeness (QED) is 0.347. The van der Waals surface area contributed by atoms with Crippen LogP contribution in [0, 0.1) is 11.8 Å². The van der Waals surface area contributed by atoms with Crippen LogP contribution in [0.2, 0.25) is 0 Å². The standard InChI is InChI=1S/C30H34N4O5S/c1-23(21-30(35)36)34(40(37)38)33-15-13-31(14-16-33)27-11-8-24(9-12-27)5-6-25-7-10-26-3-2-4-29(28(26)22-25)32-17-19-39-20-18-32/h2-4,7-12,22-23H,13-21H2,1H3,(H,35,36)(H,37,38)/p-1. The van der Waals surface area contributed by atoms with Gasteiger partial charge in [-0.3, -0.25) is 9.00 Å². The van der Waals surface area contributed by atoms with Gasteiger partial charge >= 0.3 is 5.97 Å². The van der Waals surface area contributed by atoms with Crippen molar-refractivity contribution in [3.8, 4) is 11.8 Å². The van der Waals surface area contributed by atoms with E-state index in [1.54, 1.807) is 11.9 Å². The molecule has 210 valence electrons. The summed E-state index contributed by atoms with van der Waals surface area (Å²) in [6.45, 7) is 7.08. The van der Waals surface area contributed by atoms with Gasteiger partial charge < -0.3 is 24.2 Å². The van der Waals surface area contributed by atoms with E-state index in [4.69, 9.17) is 9.84 Å². The number of piperazine rings is 1. The first-order chi connectivity index (χ1) is 19.4. The van der Waals surface area contributed by atoms with Crippen molar-refractivity contribution in [2.45, 2.75) is 19.4 Å². The summed E-state index contributed by atoms with van der Waals surface area (Å²) in [4.78, 5) is 15.6. The van der Waals surface area contributed by atoms with Crippen molar-refractivity contribution in [1.82, 2.24) is 9.42 Å². The van der Waals surface area contributed by atoms with E-state index in [1.165, 1.54) is 16.5 Å². The van der Waals surface area contributed by atoms with Gasteiger partial charge in [-0.25, -0.2) is 5.01 Å². The van der Waals surface area contributed by atoms with Gasteiger partial charge in [-0.1, -0.05) is 30.0 Å². The van der Waals surface area contributed by atoms with Crippen LogP contribution in [-0.4, -0.2) is 87.8 Å². The van der Waals surface area contributed by atoms with Crippen molar-refractivity contribution in [2.75, 3.05) is 62.3 Å². The highest BCUT2D eigenvalue weighted by Crippen LogP contribution is 2.28. The number of hydrogen-bond acceptors (Lipinski definition) is 7. The van der Waals surface area contributed by atoms with E-state index in [9.17, 15) is 13.6 Å². The molecule has 2 heterocycles. The normalized spacial score (nSPS) is 17.9. The fraction of sp³-hybridized carbons (Fsp3) is 0.367. The average Bonchev–Trinajstić information content (AvgIpc) is 2.96. The molecule has 10 heteroatoms. The number of carbonyl (C=O) groups is 1. The van der Waals surface area contributed by atoms with Crippen LogP contribution in [0.4, 0.5) is 11.4 Å². The van der Waals surface area contributed by atoms with Crippen molar-refractivity contribution in [1.29, 1.82) is 0 Å². The van der Waals surface area contributed by atoms with Gasteiger partial charge in [0.25, 0.3) is 0 Å². The van der Waals surface area contributed by atoms with Crippen LogP contribution in [0.15, 0.2) is 60.7 Å². The smallest absolute Gasteiger partial charge is 0.305 e. The van der Waals surface area contributed by atoms with E-state index >= 15 is 0 Å². The fourth-order valence-electron chi connectivity index (χ4n) is 5.32. The number of fused-ring (bicyclic) bond motifs is 1. The SMILES string of the molecule is CC(CC(=O)O)N(N1CCN(c2ccc(C#Cc3ccc4cccc(N5CCOCC5)c4c3)cc2)CC1)S(=O)[O-]. The Morgan fingerprint density at radius 1 is 0.975 bits per heavy atom. The molecule has 0 amide bonds. The molecule has 2 aliphatic heterocycles. The van der Waals surface area contributed by atoms with Crippen molar-refractivity contribution in [2.24, 2.45) is 0 Å². The molecule has 40 heavy (non-hydrogen) atoms. The Bertz CT molecular complexity index is 1420. The number of rotatable bonds is 7. The Morgan fingerprint density at radius 3 is 2.33 bits per heavy atom. The molecule has 2 fully saturated rings. The first kappa shape index (κ1) is 28.1. The molecular weight excluding hydrogens is 528 g/mol. The zero-order valence-electron chi connectivity index (χ0n) is 22.5. The lowest BCUT2D eigenvalue weighted by Crippen LogP contribution is -2.57. The maximum Gasteiger partial charge on any atom is 0.305 e. The van der Waals surface area contributed by atoms with Gasteiger partial charge in [-0.15, -0.1) is 0 Å². The number of ether oxygens (including phenoxy) is 1. The van der Waals surface area contributed by atoms with Gasteiger partial charge in [-0.05, 0) is 54.8 Å². The molecule has 0 bridgehead atoms. The predicted octanol–water partition coefficient (Wildman–Crippen LogP) is 3.07. The highest BCUT2D eigenvalue weighted by molar-refractivity contribution is 7.76. The number of nitrogens with zero attached hydrogens (tertiary/aromatic N) is 4. The maximum absolute atomic E-state index is 11.8. The Hall–Kier alpha value is -3.46. The Balaban J connectivity index is 1.24. The number of benzene rings is 3. The summed E-state index contributed by atoms with van der Waals surface area (Å²) in [7, 11) is 0. The molecule has 5 rings (SSSR count). The third-order valence-electron chi connectivity index (χ3n) is 7.33. The predicted molar refractivity (Wildman–Crippen MR) is 156 cm³/mol. The minimum atomic E-state index is -2.53. The number of hydrogen-bond donors (Lipinski definition) is 1. The summed E-state index contributed by atoms with van der Waals surface area (Å²) in [6, 6.07) is 20.2. The molecule has 2 unspecified atom stereocenters. The monoisotopic (exact) mass is 561 g/mol. The number of carboxylic acids is 1. The second kappa shape index (κ2) is 12.8. The van der Waals surface area contributed by atoms with Crippen LogP contribution in [0.5, 0.6) is 0 Å². The molecular formula is C30H33N4O5S-. The van der Waals surface area contributed by atoms with Gasteiger partial charge in [0, 0.05) is 84.5 Å². The fourth-order valence-corrected chi connectivity index (χ4v) is 6.04. The van der Waals surface area contributed by atoms with Crippen molar-refractivity contribution >= 4 is 39.4 Å². The summed E-state index contributed by atoms with van der Waals surface area (Å²) in [5, 5.41) is 13.2. The second-order valence-corrected chi connectivity index (χ2v) is 10.8. The molecule has 0 radical (unpaired) electrons. The zero-order valence-corrected chi connectivity index (χ0v) is 23.3. The number of hydrazine groups is 1. The Morgan fingerprint density at radius 2 is 1.65 bits per heavy atom. The third-order valence-corrected chi connectivity index (χ3v) is 8.23. The lowest BCUT2D eigenvalue weighted by atomic mass is 10.0. The summed E-state index contributed by atoms with van der Waals surface area (Å²) in [6.07, 6.45) is -0.245. The summed E-state index contributed by atoms with van der Waals surface area (Å²) >= 11 is -2.53. The molecule has 2 atom stereocenters. The minimum Gasteiger partial charge on any atom is -0.759 e. The Labute approximate surface area is 237 Å². The molecule has 9 nitrogen and oxygen atoms in total. The van der Waals surface area contributed by atoms with E-state index in [1.807, 2.05) is 24.3 Å². The summed E-state index contributed by atoms with van der Waals surface area (Å²) in [5.41, 5.74) is 4.14. The number of anilines is 2. The lowest BCUT2D eigenvalue weighted by Gasteiger charge is -2.44. The molecule has 2 aliphatic rings. The Kier molecular flexibility index (Phi) is 8.99. The molecule has 3 aromatic rings. The average molecular weight is 562 g/mol. The van der Waals surface area contributed by atoms with Crippen LogP contribution in [0.3, 0.4) is 0 Å². The van der Waals surface area contributed by atoms with Gasteiger partial charge in [0.1, 0.15) is 0 Å². The molecule has 3 aromatic carbocycles. The third kappa shape index (κ3) is 6.63. The molecule has 1 N–H and O–H groups in total. The van der Waals surface area contributed by atoms with Crippen LogP contribution < -0.4 is 9.80 Å². The van der Waals surface area contributed by atoms with E-state index < -0.39 is 23.3 Å². The van der Waals surface area contributed by atoms with Crippen LogP contribution in [0.1, 0.15) is 24.5 Å². The highest BCUT2D eigenvalue weighted by atomic mass is 32.2.